The molecule has 2 saturated heterocycles. The summed E-state index contributed by atoms with van der Waals surface area (Å²) in [5, 5.41) is 10.2. The Labute approximate surface area is 158 Å². The summed E-state index contributed by atoms with van der Waals surface area (Å²) >= 11 is 12.0. The number of fused-ring (bicyclic) bond motifs is 1. The standard InChI is InChI=1S/C16H13Cl2N5O3/c17-8-1-2-12(11(18)5-8)23-4-3-13(21-23)19-16(26)22-6-9-10(7-22)15(25)20-14(9)24/h1-5,9-10H,6-7H2,(H,19,21,26)(H,20,24,25)/t9-,10+. The zero-order valence-corrected chi connectivity index (χ0v) is 14.8. The third-order valence-electron chi connectivity index (χ3n) is 4.51. The summed E-state index contributed by atoms with van der Waals surface area (Å²) in [5.41, 5.74) is 0.620. The molecule has 0 radical (unpaired) electrons. The van der Waals surface area contributed by atoms with Crippen LogP contribution in [0.25, 0.3) is 5.69 Å². The van der Waals surface area contributed by atoms with Gasteiger partial charge in [0.2, 0.25) is 11.8 Å². The maximum atomic E-state index is 12.4. The lowest BCUT2D eigenvalue weighted by molar-refractivity contribution is -0.126. The molecule has 2 aliphatic heterocycles. The van der Waals surface area contributed by atoms with E-state index in [0.717, 1.165) is 0 Å². The van der Waals surface area contributed by atoms with Gasteiger partial charge in [-0.05, 0) is 18.2 Å². The third-order valence-corrected chi connectivity index (χ3v) is 5.05. The first-order chi connectivity index (χ1) is 12.4. The highest BCUT2D eigenvalue weighted by molar-refractivity contribution is 6.35. The van der Waals surface area contributed by atoms with E-state index in [1.807, 2.05) is 0 Å². The second-order valence-electron chi connectivity index (χ2n) is 6.14. The summed E-state index contributed by atoms with van der Waals surface area (Å²) in [6.07, 6.45) is 1.65. The lowest BCUT2D eigenvalue weighted by Gasteiger charge is -2.16. The summed E-state index contributed by atoms with van der Waals surface area (Å²) in [7, 11) is 0. The first kappa shape index (κ1) is 16.9. The zero-order chi connectivity index (χ0) is 18.4. The summed E-state index contributed by atoms with van der Waals surface area (Å²) in [5.74, 6) is -1.26. The number of rotatable bonds is 2. The van der Waals surface area contributed by atoms with Crippen LogP contribution in [0.4, 0.5) is 10.6 Å². The van der Waals surface area contributed by atoms with Crippen LogP contribution in [0, 0.1) is 11.8 Å². The zero-order valence-electron chi connectivity index (χ0n) is 13.3. The van der Waals surface area contributed by atoms with Crippen LogP contribution in [0.5, 0.6) is 0 Å². The molecule has 2 aliphatic rings. The average Bonchev–Trinajstić information content (AvgIpc) is 3.26. The summed E-state index contributed by atoms with van der Waals surface area (Å²) in [4.78, 5) is 37.2. The van der Waals surface area contributed by atoms with E-state index in [0.29, 0.717) is 21.6 Å². The van der Waals surface area contributed by atoms with Crippen molar-refractivity contribution in [2.45, 2.75) is 0 Å². The summed E-state index contributed by atoms with van der Waals surface area (Å²) in [6, 6.07) is 6.22. The van der Waals surface area contributed by atoms with Crippen molar-refractivity contribution in [2.24, 2.45) is 11.8 Å². The second-order valence-corrected chi connectivity index (χ2v) is 6.99. The molecule has 1 aromatic heterocycles. The Morgan fingerprint density at radius 2 is 1.85 bits per heavy atom. The minimum absolute atomic E-state index is 0.206. The Hall–Kier alpha value is -2.58. The molecule has 4 amide bonds. The molecule has 2 N–H and O–H groups in total. The molecule has 2 aromatic rings. The highest BCUT2D eigenvalue weighted by atomic mass is 35.5. The van der Waals surface area contributed by atoms with E-state index in [9.17, 15) is 14.4 Å². The molecule has 8 nitrogen and oxygen atoms in total. The number of halogens is 2. The maximum absolute atomic E-state index is 12.4. The Kier molecular flexibility index (Phi) is 4.08. The van der Waals surface area contributed by atoms with Crippen LogP contribution in [0.1, 0.15) is 0 Å². The largest absolute Gasteiger partial charge is 0.323 e. The van der Waals surface area contributed by atoms with Crippen molar-refractivity contribution in [3.63, 3.8) is 0 Å². The number of amides is 4. The molecule has 134 valence electrons. The molecule has 2 atom stereocenters. The Balaban J connectivity index is 1.45. The molecule has 0 spiro atoms. The van der Waals surface area contributed by atoms with Gasteiger partial charge in [0, 0.05) is 30.4 Å². The monoisotopic (exact) mass is 393 g/mol. The number of hydrogen-bond donors (Lipinski definition) is 2. The minimum Gasteiger partial charge on any atom is -0.323 e. The van der Waals surface area contributed by atoms with Gasteiger partial charge < -0.3 is 4.90 Å². The van der Waals surface area contributed by atoms with E-state index in [2.05, 4.69) is 15.7 Å². The van der Waals surface area contributed by atoms with E-state index in [1.54, 1.807) is 30.5 Å². The van der Waals surface area contributed by atoms with Crippen LogP contribution in [0.15, 0.2) is 30.5 Å². The number of nitrogens with zero attached hydrogens (tertiary/aromatic N) is 3. The molecular weight excluding hydrogens is 381 g/mol. The van der Waals surface area contributed by atoms with E-state index in [-0.39, 0.29) is 24.9 Å². The van der Waals surface area contributed by atoms with Gasteiger partial charge in [-0.15, -0.1) is 5.10 Å². The third kappa shape index (κ3) is 2.91. The fraction of sp³-hybridized carbons (Fsp3) is 0.250. The molecule has 10 heteroatoms. The van der Waals surface area contributed by atoms with Crippen molar-refractivity contribution in [2.75, 3.05) is 18.4 Å². The predicted molar refractivity (Wildman–Crippen MR) is 94.3 cm³/mol. The molecule has 0 saturated carbocycles. The first-order valence-electron chi connectivity index (χ1n) is 7.84. The maximum Gasteiger partial charge on any atom is 0.323 e. The molecule has 0 unspecified atom stereocenters. The van der Waals surface area contributed by atoms with Gasteiger partial charge in [-0.1, -0.05) is 23.2 Å². The number of hydrogen-bond acceptors (Lipinski definition) is 4. The van der Waals surface area contributed by atoms with Crippen molar-refractivity contribution >= 4 is 46.9 Å². The Bertz CT molecular complexity index is 906. The SMILES string of the molecule is O=C1NC(=O)[C@@H]2CN(C(=O)Nc3ccn(-c4ccc(Cl)cc4Cl)n3)C[C@H]12. The topological polar surface area (TPSA) is 96.3 Å². The number of imide groups is 1. The lowest BCUT2D eigenvalue weighted by atomic mass is 10.00. The van der Waals surface area contributed by atoms with Crippen LogP contribution in [-0.4, -0.2) is 45.6 Å². The van der Waals surface area contributed by atoms with E-state index in [1.165, 1.54) is 9.58 Å². The average molecular weight is 394 g/mol. The quantitative estimate of drug-likeness (QED) is 0.761. The minimum atomic E-state index is -0.473. The van der Waals surface area contributed by atoms with Gasteiger partial charge in [0.25, 0.3) is 0 Å². The molecule has 1 aromatic carbocycles. The molecule has 4 rings (SSSR count). The summed E-state index contributed by atoms with van der Waals surface area (Å²) < 4.78 is 1.52. The van der Waals surface area contributed by atoms with Gasteiger partial charge in [0.15, 0.2) is 5.82 Å². The highest BCUT2D eigenvalue weighted by Crippen LogP contribution is 2.29. The van der Waals surface area contributed by atoms with E-state index < -0.39 is 17.9 Å². The molecule has 26 heavy (non-hydrogen) atoms. The number of nitrogens with one attached hydrogen (secondary N) is 2. The molecule has 2 fully saturated rings. The van der Waals surface area contributed by atoms with E-state index in [4.69, 9.17) is 23.2 Å². The fourth-order valence-electron chi connectivity index (χ4n) is 3.19. The highest BCUT2D eigenvalue weighted by Gasteiger charge is 2.49. The number of urea groups is 1. The molecule has 0 bridgehead atoms. The normalized spacial score (nSPS) is 21.7. The van der Waals surface area contributed by atoms with Crippen LogP contribution >= 0.6 is 23.2 Å². The lowest BCUT2D eigenvalue weighted by Crippen LogP contribution is -2.37. The van der Waals surface area contributed by atoms with Crippen molar-refractivity contribution < 1.29 is 14.4 Å². The van der Waals surface area contributed by atoms with Crippen LogP contribution in [0.3, 0.4) is 0 Å². The number of carbonyl (C=O) groups excluding carboxylic acids is 3. The van der Waals surface area contributed by atoms with Gasteiger partial charge in [0.05, 0.1) is 22.5 Å². The van der Waals surface area contributed by atoms with Crippen LogP contribution in [-0.2, 0) is 9.59 Å². The van der Waals surface area contributed by atoms with Gasteiger partial charge in [-0.3, -0.25) is 20.2 Å². The van der Waals surface area contributed by atoms with E-state index >= 15 is 0 Å². The number of benzene rings is 1. The Morgan fingerprint density at radius 1 is 1.15 bits per heavy atom. The van der Waals surface area contributed by atoms with Gasteiger partial charge in [-0.2, -0.15) is 0 Å². The fourth-order valence-corrected chi connectivity index (χ4v) is 3.68. The number of aromatic nitrogens is 2. The van der Waals surface area contributed by atoms with Gasteiger partial charge in [-0.25, -0.2) is 9.48 Å². The second kappa shape index (κ2) is 6.30. The van der Waals surface area contributed by atoms with Crippen molar-refractivity contribution in [1.82, 2.24) is 20.0 Å². The number of anilines is 1. The van der Waals surface area contributed by atoms with Gasteiger partial charge in [0.1, 0.15) is 0 Å². The van der Waals surface area contributed by atoms with Crippen LogP contribution < -0.4 is 10.6 Å². The van der Waals surface area contributed by atoms with Crippen molar-refractivity contribution in [3.05, 3.63) is 40.5 Å². The van der Waals surface area contributed by atoms with Gasteiger partial charge >= 0.3 is 6.03 Å². The summed E-state index contributed by atoms with van der Waals surface area (Å²) in [6.45, 7) is 0.412. The molecule has 0 aliphatic carbocycles. The molecular formula is C16H13Cl2N5O3. The Morgan fingerprint density at radius 3 is 2.50 bits per heavy atom. The van der Waals surface area contributed by atoms with Crippen LogP contribution in [0.2, 0.25) is 10.0 Å². The first-order valence-corrected chi connectivity index (χ1v) is 8.59. The van der Waals surface area contributed by atoms with Crippen molar-refractivity contribution in [3.8, 4) is 5.69 Å². The smallest absolute Gasteiger partial charge is 0.323 e. The van der Waals surface area contributed by atoms with Crippen molar-refractivity contribution in [1.29, 1.82) is 0 Å². The predicted octanol–water partition coefficient (Wildman–Crippen LogP) is 1.92. The molecule has 3 heterocycles. The number of carbonyl (C=O) groups is 3. The number of likely N-dealkylation sites (tertiary alicyclic amines) is 1.